The molecule has 1 aromatic carbocycles. The molecule has 1 aliphatic carbocycles. The predicted octanol–water partition coefficient (Wildman–Crippen LogP) is 3.62. The smallest absolute Gasteiger partial charge is 0.324 e. The molecule has 2 N–H and O–H groups in total. The van der Waals surface area contributed by atoms with E-state index in [1.54, 1.807) is 0 Å². The number of hydrogen-bond donors (Lipinski definition) is 2. The van der Waals surface area contributed by atoms with Crippen molar-refractivity contribution in [2.24, 2.45) is 5.92 Å². The van der Waals surface area contributed by atoms with E-state index >= 15 is 0 Å². The van der Waals surface area contributed by atoms with Gasteiger partial charge in [-0.1, -0.05) is 18.2 Å². The Kier molecular flexibility index (Phi) is 8.79. The van der Waals surface area contributed by atoms with Gasteiger partial charge in [0.1, 0.15) is 0 Å². The van der Waals surface area contributed by atoms with E-state index in [2.05, 4.69) is 51.1 Å². The second-order valence-corrected chi connectivity index (χ2v) is 9.62. The molecule has 3 amide bonds. The third-order valence-electron chi connectivity index (χ3n) is 7.11. The van der Waals surface area contributed by atoms with Crippen LogP contribution in [0.4, 0.5) is 4.79 Å². The average Bonchev–Trinajstić information content (AvgIpc) is 3.21. The Hall–Kier alpha value is -2.35. The van der Waals surface area contributed by atoms with Crippen molar-refractivity contribution < 1.29 is 9.59 Å². The van der Waals surface area contributed by atoms with Crippen LogP contribution < -0.4 is 5.32 Å². The van der Waals surface area contributed by atoms with E-state index in [0.717, 1.165) is 37.9 Å². The second-order valence-electron chi connectivity index (χ2n) is 9.62. The third-order valence-corrected chi connectivity index (χ3v) is 7.11. The van der Waals surface area contributed by atoms with Crippen LogP contribution in [-0.2, 0) is 11.2 Å². The molecule has 8 heteroatoms. The van der Waals surface area contributed by atoms with Crippen LogP contribution in [0.1, 0.15) is 36.8 Å². The van der Waals surface area contributed by atoms with Gasteiger partial charge < -0.3 is 15.2 Å². The predicted molar refractivity (Wildman–Crippen MR) is 140 cm³/mol. The topological polar surface area (TPSA) is 71.7 Å². The highest BCUT2D eigenvalue weighted by molar-refractivity contribution is 5.96. The van der Waals surface area contributed by atoms with E-state index in [4.69, 9.17) is 0 Å². The number of H-pyrrole nitrogens is 1. The molecule has 3 atom stereocenters. The van der Waals surface area contributed by atoms with E-state index < -0.39 is 0 Å². The first-order valence-electron chi connectivity index (χ1n) is 12.1. The first kappa shape index (κ1) is 26.3. The zero-order valence-electron chi connectivity index (χ0n) is 20.5. The summed E-state index contributed by atoms with van der Waals surface area (Å²) >= 11 is 0. The van der Waals surface area contributed by atoms with Crippen molar-refractivity contribution in [3.63, 3.8) is 0 Å². The van der Waals surface area contributed by atoms with Gasteiger partial charge in [-0.25, -0.2) is 4.79 Å². The lowest BCUT2D eigenvalue weighted by Gasteiger charge is -2.47. The van der Waals surface area contributed by atoms with Crippen LogP contribution in [0.3, 0.4) is 0 Å². The molecule has 34 heavy (non-hydrogen) atoms. The van der Waals surface area contributed by atoms with Crippen molar-refractivity contribution in [2.75, 3.05) is 46.8 Å². The Labute approximate surface area is 208 Å². The Morgan fingerprint density at radius 3 is 2.79 bits per heavy atom. The standard InChI is InChI=1S/C26H37N5O2.ClH/c1-5-11-30-17-19(25(32)31(26(33)27-6-2)13-8-12-29(3)4)14-21-20-9-7-10-22-24(20)18(16-28-22)15-23(21)30;/h5,7,9-10,16,19,21,23,28H,1,6,8,11-15,17H2,2-4H3,(H,27,33);1H/t19?,21-,23-;/m1./s1. The van der Waals surface area contributed by atoms with Crippen LogP contribution in [0.25, 0.3) is 10.9 Å². The number of nitrogens with one attached hydrogen (secondary N) is 2. The number of amides is 3. The summed E-state index contributed by atoms with van der Waals surface area (Å²) in [6.45, 7) is 9.02. The molecule has 0 bridgehead atoms. The first-order valence-corrected chi connectivity index (χ1v) is 12.1. The van der Waals surface area contributed by atoms with Crippen LogP contribution in [0.15, 0.2) is 37.1 Å². The van der Waals surface area contributed by atoms with Gasteiger partial charge in [0.15, 0.2) is 0 Å². The summed E-state index contributed by atoms with van der Waals surface area (Å²) in [6.07, 6.45) is 6.56. The normalized spacial score (nSPS) is 21.6. The summed E-state index contributed by atoms with van der Waals surface area (Å²) < 4.78 is 0. The summed E-state index contributed by atoms with van der Waals surface area (Å²) in [5.74, 6) is -0.0133. The summed E-state index contributed by atoms with van der Waals surface area (Å²) in [4.78, 5) is 35.9. The average molecular weight is 488 g/mol. The minimum absolute atomic E-state index is 0. The van der Waals surface area contributed by atoms with Crippen LogP contribution in [-0.4, -0.2) is 84.5 Å². The highest BCUT2D eigenvalue weighted by Crippen LogP contribution is 2.45. The summed E-state index contributed by atoms with van der Waals surface area (Å²) in [6, 6.07) is 6.50. The third kappa shape index (κ3) is 5.16. The van der Waals surface area contributed by atoms with Gasteiger partial charge in [0.05, 0.1) is 5.92 Å². The number of hydrogen-bond acceptors (Lipinski definition) is 4. The monoisotopic (exact) mass is 487 g/mol. The van der Waals surface area contributed by atoms with Crippen molar-refractivity contribution in [3.8, 4) is 0 Å². The Bertz CT molecular complexity index is 1020. The Balaban J connectivity index is 0.00000324. The number of fused-ring (bicyclic) bond motifs is 2. The molecule has 2 aromatic rings. The van der Waals surface area contributed by atoms with E-state index in [-0.39, 0.29) is 36.2 Å². The second kappa shape index (κ2) is 11.4. The van der Waals surface area contributed by atoms with Gasteiger partial charge in [-0.3, -0.25) is 14.6 Å². The van der Waals surface area contributed by atoms with Crippen molar-refractivity contribution in [3.05, 3.63) is 48.2 Å². The van der Waals surface area contributed by atoms with Gasteiger partial charge in [0, 0.05) is 55.2 Å². The maximum absolute atomic E-state index is 13.7. The fraction of sp³-hybridized carbons (Fsp3) is 0.538. The molecule has 1 fully saturated rings. The number of piperidine rings is 1. The molecule has 186 valence electrons. The number of imide groups is 1. The molecule has 2 heterocycles. The highest BCUT2D eigenvalue weighted by Gasteiger charge is 2.43. The van der Waals surface area contributed by atoms with Crippen LogP contribution in [0.5, 0.6) is 0 Å². The molecule has 2 aliphatic rings. The number of urea groups is 1. The lowest BCUT2D eigenvalue weighted by atomic mass is 9.72. The SMILES string of the molecule is C=CCN1CC(C(=O)N(CCCN(C)C)C(=O)NCC)C[C@@H]2c3cccc4[nH]cc(c34)C[C@H]21.Cl. The summed E-state index contributed by atoms with van der Waals surface area (Å²) in [5.41, 5.74) is 3.84. The number of nitrogens with zero attached hydrogens (tertiary/aromatic N) is 3. The summed E-state index contributed by atoms with van der Waals surface area (Å²) in [5, 5.41) is 4.16. The van der Waals surface area contributed by atoms with Crippen molar-refractivity contribution in [2.45, 2.75) is 38.1 Å². The van der Waals surface area contributed by atoms with Gasteiger partial charge in [-0.2, -0.15) is 0 Å². The molecule has 1 aromatic heterocycles. The van der Waals surface area contributed by atoms with Crippen molar-refractivity contribution >= 4 is 35.2 Å². The lowest BCUT2D eigenvalue weighted by Crippen LogP contribution is -2.55. The molecule has 1 aliphatic heterocycles. The number of benzene rings is 1. The lowest BCUT2D eigenvalue weighted by molar-refractivity contribution is -0.135. The maximum atomic E-state index is 13.7. The zero-order chi connectivity index (χ0) is 23.5. The maximum Gasteiger partial charge on any atom is 0.324 e. The van der Waals surface area contributed by atoms with E-state index in [9.17, 15) is 9.59 Å². The van der Waals surface area contributed by atoms with Gasteiger partial charge in [0.2, 0.25) is 5.91 Å². The first-order chi connectivity index (χ1) is 15.9. The van der Waals surface area contributed by atoms with Gasteiger partial charge in [-0.05, 0) is 64.0 Å². The zero-order valence-corrected chi connectivity index (χ0v) is 21.4. The minimum Gasteiger partial charge on any atom is -0.361 e. The van der Waals surface area contributed by atoms with Gasteiger partial charge in [-0.15, -0.1) is 19.0 Å². The van der Waals surface area contributed by atoms with Crippen LogP contribution in [0, 0.1) is 5.92 Å². The Morgan fingerprint density at radius 2 is 2.09 bits per heavy atom. The van der Waals surface area contributed by atoms with Crippen LogP contribution >= 0.6 is 12.4 Å². The quantitative estimate of drug-likeness (QED) is 0.558. The molecule has 1 unspecified atom stereocenters. The number of carbonyl (C=O) groups is 2. The number of aromatic amines is 1. The molecule has 0 radical (unpaired) electrons. The summed E-state index contributed by atoms with van der Waals surface area (Å²) in [7, 11) is 4.01. The highest BCUT2D eigenvalue weighted by atomic mass is 35.5. The number of carbonyl (C=O) groups excluding carboxylic acids is 2. The van der Waals surface area contributed by atoms with E-state index in [1.165, 1.54) is 21.4 Å². The molecule has 4 rings (SSSR count). The Morgan fingerprint density at radius 1 is 1.29 bits per heavy atom. The van der Waals surface area contributed by atoms with Gasteiger partial charge >= 0.3 is 6.03 Å². The van der Waals surface area contributed by atoms with Crippen molar-refractivity contribution in [1.29, 1.82) is 0 Å². The number of rotatable bonds is 8. The minimum atomic E-state index is -0.280. The number of halogens is 1. The molecule has 0 saturated carbocycles. The molecular formula is C26H38ClN5O2. The van der Waals surface area contributed by atoms with Gasteiger partial charge in [0.25, 0.3) is 0 Å². The molecule has 7 nitrogen and oxygen atoms in total. The van der Waals surface area contributed by atoms with Crippen molar-refractivity contribution in [1.82, 2.24) is 25.0 Å². The fourth-order valence-corrected chi connectivity index (χ4v) is 5.68. The van der Waals surface area contributed by atoms with E-state index in [0.29, 0.717) is 25.7 Å². The molecule has 1 saturated heterocycles. The van der Waals surface area contributed by atoms with E-state index in [1.807, 2.05) is 27.1 Å². The number of aromatic nitrogens is 1. The fourth-order valence-electron chi connectivity index (χ4n) is 5.68. The number of likely N-dealkylation sites (tertiary alicyclic amines) is 1. The largest absolute Gasteiger partial charge is 0.361 e. The van der Waals surface area contributed by atoms with Crippen LogP contribution in [0.2, 0.25) is 0 Å². The molecular weight excluding hydrogens is 450 g/mol. The molecule has 0 spiro atoms.